The Hall–Kier alpha value is -2.03. The number of amides is 3. The lowest BCUT2D eigenvalue weighted by molar-refractivity contribution is -0.155. The molecule has 1 aromatic carbocycles. The minimum Gasteiger partial charge on any atom is -0.492 e. The number of benzene rings is 1. The highest BCUT2D eigenvalue weighted by Gasteiger charge is 2.31. The average molecular weight is 458 g/mol. The van der Waals surface area contributed by atoms with Gasteiger partial charge in [0.15, 0.2) is 0 Å². The first-order chi connectivity index (χ1) is 14.5. The summed E-state index contributed by atoms with van der Waals surface area (Å²) in [5.41, 5.74) is 0. The predicted molar refractivity (Wildman–Crippen MR) is 112 cm³/mol. The molecule has 0 atom stereocenters. The summed E-state index contributed by atoms with van der Waals surface area (Å²) in [5.74, 6) is -0.452. The second kappa shape index (κ2) is 10.8. The van der Waals surface area contributed by atoms with Gasteiger partial charge in [0.1, 0.15) is 5.75 Å². The third kappa shape index (κ3) is 6.00. The van der Waals surface area contributed by atoms with Crippen molar-refractivity contribution < 1.29 is 23.9 Å². The molecule has 30 heavy (non-hydrogen) atoms. The number of nitrogens with zero attached hydrogens (tertiary/aromatic N) is 3. The van der Waals surface area contributed by atoms with E-state index in [1.807, 2.05) is 0 Å². The van der Waals surface area contributed by atoms with Crippen molar-refractivity contribution >= 4 is 40.9 Å². The zero-order chi connectivity index (χ0) is 21.5. The molecule has 0 saturated carbocycles. The molecule has 2 aliphatic rings. The van der Waals surface area contributed by atoms with E-state index in [-0.39, 0.29) is 5.91 Å². The van der Waals surface area contributed by atoms with Gasteiger partial charge in [-0.25, -0.2) is 0 Å². The molecule has 3 rings (SSSR count). The van der Waals surface area contributed by atoms with E-state index < -0.39 is 11.8 Å². The van der Waals surface area contributed by atoms with Crippen LogP contribution in [0.4, 0.5) is 0 Å². The molecule has 0 unspecified atom stereocenters. The fraction of sp³-hybridized carbons (Fsp3) is 0.550. The Labute approximate surface area is 185 Å². The Balaban J connectivity index is 1.36. The summed E-state index contributed by atoms with van der Waals surface area (Å²) in [7, 11) is 0. The molecule has 0 aliphatic carbocycles. The second-order valence-corrected chi connectivity index (χ2v) is 7.95. The number of piperazine rings is 1. The van der Waals surface area contributed by atoms with Crippen molar-refractivity contribution in [3.63, 3.8) is 0 Å². The van der Waals surface area contributed by atoms with Gasteiger partial charge in [-0.1, -0.05) is 23.2 Å². The third-order valence-corrected chi connectivity index (χ3v) is 5.62. The molecule has 8 nitrogen and oxygen atoms in total. The number of morpholine rings is 1. The average Bonchev–Trinajstić information content (AvgIpc) is 2.77. The minimum absolute atomic E-state index is 0.00686. The monoisotopic (exact) mass is 457 g/mol. The van der Waals surface area contributed by atoms with Gasteiger partial charge in [-0.2, -0.15) is 0 Å². The number of carbonyl (C=O) groups excluding carboxylic acids is 3. The van der Waals surface area contributed by atoms with Crippen LogP contribution in [-0.4, -0.2) is 91.5 Å². The molecule has 10 heteroatoms. The van der Waals surface area contributed by atoms with Gasteiger partial charge >= 0.3 is 11.8 Å². The second-order valence-electron chi connectivity index (χ2n) is 7.10. The molecule has 1 aromatic rings. The van der Waals surface area contributed by atoms with Gasteiger partial charge in [0.05, 0.1) is 24.8 Å². The Bertz CT molecular complexity index is 778. The predicted octanol–water partition coefficient (Wildman–Crippen LogP) is 1.68. The van der Waals surface area contributed by atoms with E-state index in [1.165, 1.54) is 9.80 Å². The van der Waals surface area contributed by atoms with E-state index in [1.54, 1.807) is 23.1 Å². The van der Waals surface area contributed by atoms with Gasteiger partial charge in [-0.05, 0) is 24.6 Å². The number of hydrogen-bond donors (Lipinski definition) is 0. The zero-order valence-electron chi connectivity index (χ0n) is 16.6. The van der Waals surface area contributed by atoms with Crippen LogP contribution in [0, 0.1) is 0 Å². The van der Waals surface area contributed by atoms with Crippen molar-refractivity contribution in [3.8, 4) is 5.75 Å². The first kappa shape index (κ1) is 22.7. The zero-order valence-corrected chi connectivity index (χ0v) is 18.2. The number of ether oxygens (including phenoxy) is 2. The lowest BCUT2D eigenvalue weighted by Crippen LogP contribution is -2.55. The summed E-state index contributed by atoms with van der Waals surface area (Å²) in [6.07, 6.45) is 0.887. The minimum atomic E-state index is -0.503. The Morgan fingerprint density at radius 2 is 1.50 bits per heavy atom. The van der Waals surface area contributed by atoms with Crippen molar-refractivity contribution in [2.45, 2.75) is 12.8 Å². The lowest BCUT2D eigenvalue weighted by Gasteiger charge is -2.36. The summed E-state index contributed by atoms with van der Waals surface area (Å²) in [6.45, 7) is 3.70. The van der Waals surface area contributed by atoms with E-state index in [0.29, 0.717) is 87.7 Å². The molecular weight excluding hydrogens is 433 g/mol. The Kier molecular flexibility index (Phi) is 8.18. The molecule has 164 valence electrons. The SMILES string of the molecule is O=C(CCCOc1ccc(Cl)cc1Cl)N1CCN(C(=O)C(=O)N2CCOCC2)CC1. The molecule has 2 aliphatic heterocycles. The molecule has 2 saturated heterocycles. The van der Waals surface area contributed by atoms with Crippen molar-refractivity contribution in [2.24, 2.45) is 0 Å². The van der Waals surface area contributed by atoms with Gasteiger partial charge in [0.25, 0.3) is 0 Å². The summed E-state index contributed by atoms with van der Waals surface area (Å²) in [5, 5.41) is 0.966. The molecule has 0 N–H and O–H groups in total. The number of halogens is 2. The van der Waals surface area contributed by atoms with Gasteiger partial charge in [-0.15, -0.1) is 0 Å². The van der Waals surface area contributed by atoms with Crippen LogP contribution in [0.2, 0.25) is 10.0 Å². The van der Waals surface area contributed by atoms with Crippen molar-refractivity contribution in [1.29, 1.82) is 0 Å². The first-order valence-corrected chi connectivity index (χ1v) is 10.7. The maximum Gasteiger partial charge on any atom is 0.312 e. The van der Waals surface area contributed by atoms with E-state index in [9.17, 15) is 14.4 Å². The van der Waals surface area contributed by atoms with Crippen molar-refractivity contribution in [2.75, 3.05) is 59.1 Å². The number of carbonyl (C=O) groups is 3. The first-order valence-electron chi connectivity index (χ1n) is 9.97. The maximum atomic E-state index is 12.4. The van der Waals surface area contributed by atoms with Crippen LogP contribution in [0.15, 0.2) is 18.2 Å². The fourth-order valence-corrected chi connectivity index (χ4v) is 3.81. The Morgan fingerprint density at radius 1 is 0.900 bits per heavy atom. The number of hydrogen-bond acceptors (Lipinski definition) is 5. The largest absolute Gasteiger partial charge is 0.492 e. The fourth-order valence-electron chi connectivity index (χ4n) is 3.35. The summed E-state index contributed by atoms with van der Waals surface area (Å²) >= 11 is 11.9. The molecule has 2 heterocycles. The van der Waals surface area contributed by atoms with Gasteiger partial charge in [0, 0.05) is 50.7 Å². The topological polar surface area (TPSA) is 79.4 Å². The summed E-state index contributed by atoms with van der Waals surface area (Å²) < 4.78 is 10.8. The van der Waals surface area contributed by atoms with Crippen LogP contribution >= 0.6 is 23.2 Å². The van der Waals surface area contributed by atoms with Crippen molar-refractivity contribution in [1.82, 2.24) is 14.7 Å². The summed E-state index contributed by atoms with van der Waals surface area (Å²) in [6, 6.07) is 4.99. The van der Waals surface area contributed by atoms with Gasteiger partial charge in [0.2, 0.25) is 5.91 Å². The molecule has 0 spiro atoms. The van der Waals surface area contributed by atoms with Crippen LogP contribution in [0.1, 0.15) is 12.8 Å². The highest BCUT2D eigenvalue weighted by Crippen LogP contribution is 2.27. The quantitative estimate of drug-likeness (QED) is 0.496. The molecule has 0 radical (unpaired) electrons. The smallest absolute Gasteiger partial charge is 0.312 e. The van der Waals surface area contributed by atoms with Crippen LogP contribution < -0.4 is 4.74 Å². The molecule has 3 amide bonds. The third-order valence-electron chi connectivity index (χ3n) is 5.09. The lowest BCUT2D eigenvalue weighted by atomic mass is 10.2. The van der Waals surface area contributed by atoms with E-state index >= 15 is 0 Å². The molecule has 0 aromatic heterocycles. The highest BCUT2D eigenvalue weighted by atomic mass is 35.5. The van der Waals surface area contributed by atoms with Crippen LogP contribution in [0.3, 0.4) is 0 Å². The van der Waals surface area contributed by atoms with Crippen molar-refractivity contribution in [3.05, 3.63) is 28.2 Å². The van der Waals surface area contributed by atoms with Gasteiger partial charge < -0.3 is 24.2 Å². The molecule has 0 bridgehead atoms. The summed E-state index contributed by atoms with van der Waals surface area (Å²) in [4.78, 5) is 41.9. The standard InChI is InChI=1S/C20H25Cl2N3O5/c21-15-3-4-17(16(22)14-15)30-11-1-2-18(26)23-5-7-24(8-6-23)19(27)20(28)25-9-12-29-13-10-25/h3-4,14H,1-2,5-13H2. The molecule has 2 fully saturated rings. The van der Waals surface area contributed by atoms with E-state index in [0.717, 1.165) is 0 Å². The molecular formula is C20H25Cl2N3O5. The Morgan fingerprint density at radius 3 is 2.13 bits per heavy atom. The van der Waals surface area contributed by atoms with Crippen LogP contribution in [0.25, 0.3) is 0 Å². The van der Waals surface area contributed by atoms with Crippen LogP contribution in [-0.2, 0) is 19.1 Å². The normalized spacial score (nSPS) is 17.1. The van der Waals surface area contributed by atoms with Gasteiger partial charge in [-0.3, -0.25) is 14.4 Å². The van der Waals surface area contributed by atoms with Crippen LogP contribution in [0.5, 0.6) is 5.75 Å². The number of rotatable bonds is 5. The highest BCUT2D eigenvalue weighted by molar-refractivity contribution is 6.35. The maximum absolute atomic E-state index is 12.4. The van der Waals surface area contributed by atoms with E-state index in [4.69, 9.17) is 32.7 Å². The van der Waals surface area contributed by atoms with E-state index in [2.05, 4.69) is 0 Å².